The number of carbonyl (C=O) groups excluding carboxylic acids is 1. The minimum Gasteiger partial charge on any atom is -0.491 e. The van der Waals surface area contributed by atoms with Crippen LogP contribution in [0.3, 0.4) is 0 Å². The number of aliphatic hydroxyl groups excluding tert-OH is 1. The highest BCUT2D eigenvalue weighted by Crippen LogP contribution is 2.11. The molecule has 0 aliphatic rings. The highest BCUT2D eigenvalue weighted by atomic mass is 19.1. The predicted molar refractivity (Wildman–Crippen MR) is 70.4 cm³/mol. The van der Waals surface area contributed by atoms with E-state index in [-0.39, 0.29) is 30.8 Å². The fourth-order valence-electron chi connectivity index (χ4n) is 1.36. The molecule has 0 saturated heterocycles. The van der Waals surface area contributed by atoms with Gasteiger partial charge >= 0.3 is 0 Å². The monoisotopic (exact) mass is 269 g/mol. The first-order valence-electron chi connectivity index (χ1n) is 6.37. The SMILES string of the molecule is CCC(C)C(=O)NCC(O)COc1ccc(F)cc1. The number of nitrogens with one attached hydrogen (secondary N) is 1. The van der Waals surface area contributed by atoms with E-state index in [0.29, 0.717) is 5.75 Å². The van der Waals surface area contributed by atoms with Crippen molar-refractivity contribution in [3.05, 3.63) is 30.1 Å². The average molecular weight is 269 g/mol. The second kappa shape index (κ2) is 7.74. The summed E-state index contributed by atoms with van der Waals surface area (Å²) in [5.74, 6) is -0.00373. The van der Waals surface area contributed by atoms with Crippen LogP contribution in [-0.4, -0.2) is 30.3 Å². The minimum atomic E-state index is -0.793. The number of hydrogen-bond donors (Lipinski definition) is 2. The lowest BCUT2D eigenvalue weighted by atomic mass is 10.1. The molecule has 0 aromatic heterocycles. The van der Waals surface area contributed by atoms with Crippen LogP contribution in [0.2, 0.25) is 0 Å². The molecule has 2 atom stereocenters. The molecule has 19 heavy (non-hydrogen) atoms. The van der Waals surface area contributed by atoms with Gasteiger partial charge in [0.25, 0.3) is 0 Å². The molecular formula is C14H20FNO3. The first-order chi connectivity index (χ1) is 9.02. The van der Waals surface area contributed by atoms with E-state index in [1.165, 1.54) is 24.3 Å². The van der Waals surface area contributed by atoms with Crippen LogP contribution in [0.4, 0.5) is 4.39 Å². The highest BCUT2D eigenvalue weighted by molar-refractivity contribution is 5.78. The Morgan fingerprint density at radius 3 is 2.63 bits per heavy atom. The van der Waals surface area contributed by atoms with E-state index in [9.17, 15) is 14.3 Å². The van der Waals surface area contributed by atoms with Crippen LogP contribution in [0.25, 0.3) is 0 Å². The van der Waals surface area contributed by atoms with Crippen LogP contribution in [0, 0.1) is 11.7 Å². The number of halogens is 1. The minimum absolute atomic E-state index is 0.0480. The van der Waals surface area contributed by atoms with Gasteiger partial charge in [-0.05, 0) is 30.7 Å². The third-order valence-corrected chi connectivity index (χ3v) is 2.83. The number of benzene rings is 1. The first-order valence-corrected chi connectivity index (χ1v) is 6.37. The van der Waals surface area contributed by atoms with E-state index in [2.05, 4.69) is 5.32 Å². The molecule has 1 amide bonds. The molecule has 1 aromatic carbocycles. The van der Waals surface area contributed by atoms with Crippen LogP contribution in [0.1, 0.15) is 20.3 Å². The molecule has 106 valence electrons. The predicted octanol–water partition coefficient (Wildman–Crippen LogP) is 1.73. The van der Waals surface area contributed by atoms with E-state index in [4.69, 9.17) is 4.74 Å². The second-order valence-electron chi connectivity index (χ2n) is 4.47. The zero-order valence-corrected chi connectivity index (χ0v) is 11.2. The van der Waals surface area contributed by atoms with Crippen molar-refractivity contribution < 1.29 is 19.0 Å². The number of aliphatic hydroxyl groups is 1. The molecule has 4 nitrogen and oxygen atoms in total. The number of carbonyl (C=O) groups is 1. The van der Waals surface area contributed by atoms with Crippen molar-refractivity contribution in [3.8, 4) is 5.75 Å². The van der Waals surface area contributed by atoms with Gasteiger partial charge in [0.05, 0.1) is 0 Å². The Morgan fingerprint density at radius 2 is 2.05 bits per heavy atom. The lowest BCUT2D eigenvalue weighted by Crippen LogP contribution is -2.37. The summed E-state index contributed by atoms with van der Waals surface area (Å²) in [6.45, 7) is 3.95. The summed E-state index contributed by atoms with van der Waals surface area (Å²) in [5.41, 5.74) is 0. The molecule has 5 heteroatoms. The van der Waals surface area contributed by atoms with Crippen LogP contribution in [0.5, 0.6) is 5.75 Å². The van der Waals surface area contributed by atoms with Gasteiger partial charge in [0, 0.05) is 12.5 Å². The largest absolute Gasteiger partial charge is 0.491 e. The zero-order valence-electron chi connectivity index (χ0n) is 11.2. The maximum absolute atomic E-state index is 12.7. The molecule has 2 N–H and O–H groups in total. The Labute approximate surface area is 112 Å². The lowest BCUT2D eigenvalue weighted by Gasteiger charge is -2.15. The maximum atomic E-state index is 12.7. The van der Waals surface area contributed by atoms with Crippen molar-refractivity contribution in [2.24, 2.45) is 5.92 Å². The van der Waals surface area contributed by atoms with Gasteiger partial charge in [0.2, 0.25) is 5.91 Å². The number of amides is 1. The van der Waals surface area contributed by atoms with E-state index >= 15 is 0 Å². The molecule has 2 unspecified atom stereocenters. The topological polar surface area (TPSA) is 58.6 Å². The van der Waals surface area contributed by atoms with Crippen LogP contribution < -0.4 is 10.1 Å². The van der Waals surface area contributed by atoms with Crippen molar-refractivity contribution in [1.82, 2.24) is 5.32 Å². The summed E-state index contributed by atoms with van der Waals surface area (Å²) < 4.78 is 17.9. The van der Waals surface area contributed by atoms with Crippen molar-refractivity contribution in [3.63, 3.8) is 0 Å². The molecule has 0 bridgehead atoms. The van der Waals surface area contributed by atoms with Gasteiger partial charge in [0.15, 0.2) is 0 Å². The number of rotatable bonds is 7. The molecule has 0 saturated carbocycles. The summed E-state index contributed by atoms with van der Waals surface area (Å²) in [5, 5.41) is 12.3. The van der Waals surface area contributed by atoms with Gasteiger partial charge < -0.3 is 15.2 Å². The normalized spacial score (nSPS) is 13.7. The maximum Gasteiger partial charge on any atom is 0.222 e. The van der Waals surface area contributed by atoms with Crippen LogP contribution >= 0.6 is 0 Å². The molecule has 0 heterocycles. The summed E-state index contributed by atoms with van der Waals surface area (Å²) >= 11 is 0. The Kier molecular flexibility index (Phi) is 6.29. The third kappa shape index (κ3) is 5.70. The Morgan fingerprint density at radius 1 is 1.42 bits per heavy atom. The van der Waals surface area contributed by atoms with Crippen molar-refractivity contribution in [2.45, 2.75) is 26.4 Å². The molecule has 0 aliphatic carbocycles. The number of ether oxygens (including phenoxy) is 1. The van der Waals surface area contributed by atoms with E-state index in [1.807, 2.05) is 13.8 Å². The summed E-state index contributed by atoms with van der Waals surface area (Å²) in [4.78, 5) is 11.5. The van der Waals surface area contributed by atoms with Gasteiger partial charge in [-0.2, -0.15) is 0 Å². The zero-order chi connectivity index (χ0) is 14.3. The lowest BCUT2D eigenvalue weighted by molar-refractivity contribution is -0.125. The van der Waals surface area contributed by atoms with Crippen molar-refractivity contribution in [1.29, 1.82) is 0 Å². The second-order valence-corrected chi connectivity index (χ2v) is 4.47. The Balaban J connectivity index is 2.26. The summed E-state index contributed by atoms with van der Waals surface area (Å²) in [6, 6.07) is 5.54. The van der Waals surface area contributed by atoms with Crippen molar-refractivity contribution in [2.75, 3.05) is 13.2 Å². The smallest absolute Gasteiger partial charge is 0.222 e. The molecule has 0 spiro atoms. The highest BCUT2D eigenvalue weighted by Gasteiger charge is 2.12. The van der Waals surface area contributed by atoms with E-state index in [0.717, 1.165) is 6.42 Å². The van der Waals surface area contributed by atoms with Crippen LogP contribution in [0.15, 0.2) is 24.3 Å². The van der Waals surface area contributed by atoms with Crippen molar-refractivity contribution >= 4 is 5.91 Å². The van der Waals surface area contributed by atoms with E-state index in [1.54, 1.807) is 0 Å². The average Bonchev–Trinajstić information content (AvgIpc) is 2.43. The summed E-state index contributed by atoms with van der Waals surface area (Å²) in [6.07, 6.45) is -0.0355. The fraction of sp³-hybridized carbons (Fsp3) is 0.500. The van der Waals surface area contributed by atoms with Gasteiger partial charge in [0.1, 0.15) is 24.3 Å². The summed E-state index contributed by atoms with van der Waals surface area (Å²) in [7, 11) is 0. The van der Waals surface area contributed by atoms with Crippen LogP contribution in [-0.2, 0) is 4.79 Å². The third-order valence-electron chi connectivity index (χ3n) is 2.83. The molecule has 1 aromatic rings. The quantitative estimate of drug-likeness (QED) is 0.792. The standard InChI is InChI=1S/C14H20FNO3/c1-3-10(2)14(18)16-8-12(17)9-19-13-6-4-11(15)5-7-13/h4-7,10,12,17H,3,8-9H2,1-2H3,(H,16,18). The van der Waals surface area contributed by atoms with Gasteiger partial charge in [-0.15, -0.1) is 0 Å². The molecule has 1 rings (SSSR count). The first kappa shape index (κ1) is 15.4. The van der Waals surface area contributed by atoms with Gasteiger partial charge in [-0.1, -0.05) is 13.8 Å². The molecular weight excluding hydrogens is 249 g/mol. The fourth-order valence-corrected chi connectivity index (χ4v) is 1.36. The Bertz CT molecular complexity index is 394. The Hall–Kier alpha value is -1.62. The van der Waals surface area contributed by atoms with Gasteiger partial charge in [-0.25, -0.2) is 4.39 Å². The molecule has 0 radical (unpaired) electrons. The van der Waals surface area contributed by atoms with E-state index < -0.39 is 6.10 Å². The molecule has 0 fully saturated rings. The number of hydrogen-bond acceptors (Lipinski definition) is 3. The molecule has 0 aliphatic heterocycles. The van der Waals surface area contributed by atoms with Gasteiger partial charge in [-0.3, -0.25) is 4.79 Å².